The predicted octanol–water partition coefficient (Wildman–Crippen LogP) is 3.07. The molecule has 6 heteroatoms. The van der Waals surface area contributed by atoms with E-state index in [-0.39, 0.29) is 30.7 Å². The summed E-state index contributed by atoms with van der Waals surface area (Å²) in [6.07, 6.45) is 0. The van der Waals surface area contributed by atoms with Gasteiger partial charge in [-0.15, -0.1) is 24.8 Å². The summed E-state index contributed by atoms with van der Waals surface area (Å²) in [5.74, 6) is 0.0393. The van der Waals surface area contributed by atoms with Gasteiger partial charge in [0.25, 0.3) is 5.91 Å². The SMILES string of the molecule is Cl.Cl.Nc1ccccc1C(=O)N1CCN(Cc2ccccc2)CC1. The number of piperazine rings is 1. The molecule has 24 heavy (non-hydrogen) atoms. The van der Waals surface area contributed by atoms with E-state index in [0.29, 0.717) is 11.3 Å². The number of rotatable bonds is 3. The Bertz CT molecular complexity index is 644. The van der Waals surface area contributed by atoms with Crippen molar-refractivity contribution in [3.8, 4) is 0 Å². The van der Waals surface area contributed by atoms with Crippen LogP contribution in [-0.4, -0.2) is 41.9 Å². The van der Waals surface area contributed by atoms with Crippen LogP contribution in [0.4, 0.5) is 5.69 Å². The number of hydrogen-bond donors (Lipinski definition) is 1. The van der Waals surface area contributed by atoms with Crippen molar-refractivity contribution in [2.45, 2.75) is 6.54 Å². The van der Waals surface area contributed by atoms with Gasteiger partial charge in [0.15, 0.2) is 0 Å². The number of nitrogen functional groups attached to an aromatic ring is 1. The molecule has 2 aromatic carbocycles. The van der Waals surface area contributed by atoms with Crippen molar-refractivity contribution in [2.24, 2.45) is 0 Å². The Morgan fingerprint density at radius 1 is 0.875 bits per heavy atom. The van der Waals surface area contributed by atoms with Crippen LogP contribution in [0.25, 0.3) is 0 Å². The topological polar surface area (TPSA) is 49.6 Å². The first kappa shape index (κ1) is 20.3. The van der Waals surface area contributed by atoms with Gasteiger partial charge < -0.3 is 10.6 Å². The second-order valence-electron chi connectivity index (χ2n) is 5.64. The molecule has 0 radical (unpaired) electrons. The molecule has 2 aromatic rings. The lowest BCUT2D eigenvalue weighted by atomic mass is 10.1. The van der Waals surface area contributed by atoms with E-state index in [2.05, 4.69) is 29.2 Å². The van der Waals surface area contributed by atoms with Gasteiger partial charge in [-0.05, 0) is 17.7 Å². The van der Waals surface area contributed by atoms with Gasteiger partial charge >= 0.3 is 0 Å². The second-order valence-corrected chi connectivity index (χ2v) is 5.64. The highest BCUT2D eigenvalue weighted by atomic mass is 35.5. The van der Waals surface area contributed by atoms with E-state index in [1.54, 1.807) is 12.1 Å². The summed E-state index contributed by atoms with van der Waals surface area (Å²) < 4.78 is 0. The number of carbonyl (C=O) groups is 1. The van der Waals surface area contributed by atoms with Gasteiger partial charge in [0, 0.05) is 38.4 Å². The van der Waals surface area contributed by atoms with Gasteiger partial charge in [-0.3, -0.25) is 9.69 Å². The van der Waals surface area contributed by atoms with Crippen molar-refractivity contribution in [2.75, 3.05) is 31.9 Å². The zero-order chi connectivity index (χ0) is 15.4. The van der Waals surface area contributed by atoms with E-state index >= 15 is 0 Å². The summed E-state index contributed by atoms with van der Waals surface area (Å²) in [7, 11) is 0. The summed E-state index contributed by atoms with van der Waals surface area (Å²) in [6.45, 7) is 4.23. The molecule has 0 aliphatic carbocycles. The lowest BCUT2D eigenvalue weighted by Crippen LogP contribution is -2.48. The van der Waals surface area contributed by atoms with Crippen LogP contribution in [0, 0.1) is 0 Å². The van der Waals surface area contributed by atoms with Crippen LogP contribution in [0.2, 0.25) is 0 Å². The van der Waals surface area contributed by atoms with Gasteiger partial charge in [0.1, 0.15) is 0 Å². The number of amides is 1. The maximum atomic E-state index is 12.5. The maximum absolute atomic E-state index is 12.5. The first-order valence-electron chi connectivity index (χ1n) is 7.64. The number of halogens is 2. The van der Waals surface area contributed by atoms with Crippen molar-refractivity contribution < 1.29 is 4.79 Å². The van der Waals surface area contributed by atoms with Crippen LogP contribution >= 0.6 is 24.8 Å². The summed E-state index contributed by atoms with van der Waals surface area (Å²) in [4.78, 5) is 16.8. The van der Waals surface area contributed by atoms with E-state index in [1.807, 2.05) is 23.1 Å². The van der Waals surface area contributed by atoms with Crippen LogP contribution < -0.4 is 5.73 Å². The average molecular weight is 368 g/mol. The van der Waals surface area contributed by atoms with Crippen LogP contribution in [-0.2, 0) is 6.54 Å². The van der Waals surface area contributed by atoms with E-state index in [4.69, 9.17) is 5.73 Å². The molecule has 0 saturated carbocycles. The summed E-state index contributed by atoms with van der Waals surface area (Å²) in [5, 5.41) is 0. The summed E-state index contributed by atoms with van der Waals surface area (Å²) in [6, 6.07) is 17.7. The minimum atomic E-state index is 0. The zero-order valence-electron chi connectivity index (χ0n) is 13.4. The van der Waals surface area contributed by atoms with Crippen LogP contribution in [0.15, 0.2) is 54.6 Å². The molecule has 2 N–H and O–H groups in total. The Kier molecular flexibility index (Phi) is 8.05. The van der Waals surface area contributed by atoms with E-state index in [0.717, 1.165) is 32.7 Å². The van der Waals surface area contributed by atoms with Crippen molar-refractivity contribution in [1.82, 2.24) is 9.80 Å². The predicted molar refractivity (Wildman–Crippen MR) is 103 cm³/mol. The van der Waals surface area contributed by atoms with Gasteiger partial charge in [-0.1, -0.05) is 42.5 Å². The molecule has 130 valence electrons. The minimum absolute atomic E-state index is 0. The smallest absolute Gasteiger partial charge is 0.256 e. The minimum Gasteiger partial charge on any atom is -0.398 e. The number of nitrogens with two attached hydrogens (primary N) is 1. The van der Waals surface area contributed by atoms with E-state index < -0.39 is 0 Å². The molecule has 1 saturated heterocycles. The lowest BCUT2D eigenvalue weighted by Gasteiger charge is -2.35. The Morgan fingerprint density at radius 3 is 2.08 bits per heavy atom. The molecule has 1 aliphatic rings. The molecular weight excluding hydrogens is 345 g/mol. The number of carbonyl (C=O) groups excluding carboxylic acids is 1. The molecule has 0 atom stereocenters. The Balaban J connectivity index is 0.00000144. The number of nitrogens with zero attached hydrogens (tertiary/aromatic N) is 2. The van der Waals surface area contributed by atoms with Crippen LogP contribution in [0.3, 0.4) is 0 Å². The summed E-state index contributed by atoms with van der Waals surface area (Å²) >= 11 is 0. The van der Waals surface area contributed by atoms with E-state index in [9.17, 15) is 4.79 Å². The normalized spacial score (nSPS) is 14.4. The van der Waals surface area contributed by atoms with Crippen molar-refractivity contribution in [1.29, 1.82) is 0 Å². The maximum Gasteiger partial charge on any atom is 0.256 e. The molecule has 0 aromatic heterocycles. The zero-order valence-corrected chi connectivity index (χ0v) is 15.1. The standard InChI is InChI=1S/C18H21N3O.2ClH/c19-17-9-5-4-8-16(17)18(22)21-12-10-20(11-13-21)14-15-6-2-1-3-7-15;;/h1-9H,10-14,19H2;2*1H. The third-order valence-electron chi connectivity index (χ3n) is 4.10. The first-order chi connectivity index (χ1) is 10.7. The fourth-order valence-electron chi connectivity index (χ4n) is 2.81. The molecule has 1 heterocycles. The first-order valence-corrected chi connectivity index (χ1v) is 7.64. The highest BCUT2D eigenvalue weighted by molar-refractivity contribution is 5.99. The molecule has 1 amide bonds. The third-order valence-corrected chi connectivity index (χ3v) is 4.10. The lowest BCUT2D eigenvalue weighted by molar-refractivity contribution is 0.0629. The fourth-order valence-corrected chi connectivity index (χ4v) is 2.81. The van der Waals surface area contributed by atoms with Crippen LogP contribution in [0.5, 0.6) is 0 Å². The van der Waals surface area contributed by atoms with Crippen molar-refractivity contribution >= 4 is 36.4 Å². The van der Waals surface area contributed by atoms with E-state index in [1.165, 1.54) is 5.56 Å². The molecule has 0 unspecified atom stereocenters. The van der Waals surface area contributed by atoms with Gasteiger partial charge in [0.05, 0.1) is 5.56 Å². The third kappa shape index (κ3) is 4.87. The van der Waals surface area contributed by atoms with Gasteiger partial charge in [-0.2, -0.15) is 0 Å². The average Bonchev–Trinajstić information content (AvgIpc) is 2.56. The monoisotopic (exact) mass is 367 g/mol. The van der Waals surface area contributed by atoms with Crippen molar-refractivity contribution in [3.63, 3.8) is 0 Å². The molecule has 0 spiro atoms. The second kappa shape index (κ2) is 9.52. The van der Waals surface area contributed by atoms with Crippen LogP contribution in [0.1, 0.15) is 15.9 Å². The molecular formula is C18H23Cl2N3O. The molecule has 1 aliphatic heterocycles. The largest absolute Gasteiger partial charge is 0.398 e. The molecule has 1 fully saturated rings. The number of benzene rings is 2. The molecule has 0 bridgehead atoms. The number of para-hydroxylation sites is 1. The van der Waals surface area contributed by atoms with Gasteiger partial charge in [-0.25, -0.2) is 0 Å². The Labute approximate surface area is 155 Å². The molecule has 4 nitrogen and oxygen atoms in total. The van der Waals surface area contributed by atoms with Gasteiger partial charge in [0.2, 0.25) is 0 Å². The highest BCUT2D eigenvalue weighted by Crippen LogP contribution is 2.16. The number of anilines is 1. The quantitative estimate of drug-likeness (QED) is 0.848. The summed E-state index contributed by atoms with van der Waals surface area (Å²) in [5.41, 5.74) is 8.38. The molecule has 3 rings (SSSR count). The Morgan fingerprint density at radius 2 is 1.46 bits per heavy atom. The Hall–Kier alpha value is -1.75. The fraction of sp³-hybridized carbons (Fsp3) is 0.278. The highest BCUT2D eigenvalue weighted by Gasteiger charge is 2.23. The number of hydrogen-bond acceptors (Lipinski definition) is 3. The van der Waals surface area contributed by atoms with Crippen molar-refractivity contribution in [3.05, 3.63) is 65.7 Å².